The molecule has 0 bridgehead atoms. The van der Waals surface area contributed by atoms with Crippen molar-refractivity contribution in [3.05, 3.63) is 90.2 Å². The lowest BCUT2D eigenvalue weighted by atomic mass is 10.1. The van der Waals surface area contributed by atoms with Gasteiger partial charge in [-0.2, -0.15) is 0 Å². The van der Waals surface area contributed by atoms with Gasteiger partial charge in [-0.25, -0.2) is 12.8 Å². The number of rotatable bonds is 7. The highest BCUT2D eigenvalue weighted by Gasteiger charge is 2.29. The fourth-order valence-corrected chi connectivity index (χ4v) is 5.67. The van der Waals surface area contributed by atoms with E-state index in [1.807, 2.05) is 0 Å². The van der Waals surface area contributed by atoms with E-state index in [2.05, 4.69) is 5.32 Å². The van der Waals surface area contributed by atoms with E-state index in [1.54, 1.807) is 47.4 Å². The first-order valence-electron chi connectivity index (χ1n) is 11.9. The SMILES string of the molecule is O=C(CN(c1ccccc1F)S(=O)(=O)c1ccccc1)Nc1ccccc1C(=O)N1CCCCCC1. The number of carbonyl (C=O) groups excluding carboxylic acids is 2. The molecular weight excluding hydrogens is 481 g/mol. The van der Waals surface area contributed by atoms with Crippen LogP contribution in [0.4, 0.5) is 15.8 Å². The van der Waals surface area contributed by atoms with Crippen molar-refractivity contribution < 1.29 is 22.4 Å². The number of nitrogens with one attached hydrogen (secondary N) is 1. The van der Waals surface area contributed by atoms with Crippen LogP contribution in [-0.4, -0.2) is 44.8 Å². The van der Waals surface area contributed by atoms with Crippen LogP contribution in [0, 0.1) is 5.82 Å². The number of nitrogens with zero attached hydrogens (tertiary/aromatic N) is 2. The number of hydrogen-bond donors (Lipinski definition) is 1. The summed E-state index contributed by atoms with van der Waals surface area (Å²) in [5.74, 6) is -1.66. The predicted molar refractivity (Wildman–Crippen MR) is 137 cm³/mol. The van der Waals surface area contributed by atoms with Crippen LogP contribution in [0.25, 0.3) is 0 Å². The molecule has 0 saturated carbocycles. The molecule has 1 aliphatic heterocycles. The van der Waals surface area contributed by atoms with E-state index in [1.165, 1.54) is 30.3 Å². The molecule has 1 heterocycles. The summed E-state index contributed by atoms with van der Waals surface area (Å²) in [6, 6.07) is 19.6. The van der Waals surface area contributed by atoms with Crippen molar-refractivity contribution in [3.63, 3.8) is 0 Å². The van der Waals surface area contributed by atoms with Crippen molar-refractivity contribution in [2.24, 2.45) is 0 Å². The summed E-state index contributed by atoms with van der Waals surface area (Å²) in [5.41, 5.74) is 0.365. The molecule has 9 heteroatoms. The molecule has 0 unspecified atom stereocenters. The maximum absolute atomic E-state index is 14.7. The minimum Gasteiger partial charge on any atom is -0.339 e. The molecule has 0 radical (unpaired) electrons. The number of para-hydroxylation sites is 2. The number of amides is 2. The first-order chi connectivity index (χ1) is 17.4. The Kier molecular flexibility index (Phi) is 8.00. The van der Waals surface area contributed by atoms with Gasteiger partial charge in [0.15, 0.2) is 0 Å². The Hall–Kier alpha value is -3.72. The van der Waals surface area contributed by atoms with E-state index in [9.17, 15) is 22.4 Å². The van der Waals surface area contributed by atoms with Gasteiger partial charge < -0.3 is 10.2 Å². The zero-order chi connectivity index (χ0) is 25.5. The Morgan fingerprint density at radius 1 is 0.833 bits per heavy atom. The van der Waals surface area contributed by atoms with Gasteiger partial charge in [-0.05, 0) is 49.2 Å². The van der Waals surface area contributed by atoms with Crippen LogP contribution < -0.4 is 9.62 Å². The molecule has 1 N–H and O–H groups in total. The molecule has 4 rings (SSSR count). The third-order valence-electron chi connectivity index (χ3n) is 6.06. The van der Waals surface area contributed by atoms with Crippen LogP contribution in [0.5, 0.6) is 0 Å². The Bertz CT molecular complexity index is 1320. The van der Waals surface area contributed by atoms with Gasteiger partial charge in [-0.3, -0.25) is 13.9 Å². The van der Waals surface area contributed by atoms with Crippen LogP contribution in [0.15, 0.2) is 83.8 Å². The van der Waals surface area contributed by atoms with Crippen molar-refractivity contribution in [1.82, 2.24) is 4.90 Å². The van der Waals surface area contributed by atoms with Gasteiger partial charge in [-0.1, -0.05) is 55.3 Å². The summed E-state index contributed by atoms with van der Waals surface area (Å²) < 4.78 is 42.2. The van der Waals surface area contributed by atoms with E-state index in [4.69, 9.17) is 0 Å². The molecule has 0 aliphatic carbocycles. The third-order valence-corrected chi connectivity index (χ3v) is 7.84. The van der Waals surface area contributed by atoms with Crippen molar-refractivity contribution in [1.29, 1.82) is 0 Å². The van der Waals surface area contributed by atoms with E-state index in [0.29, 0.717) is 18.7 Å². The fourth-order valence-electron chi connectivity index (χ4n) is 4.22. The zero-order valence-electron chi connectivity index (χ0n) is 19.8. The van der Waals surface area contributed by atoms with Crippen LogP contribution in [0.3, 0.4) is 0 Å². The maximum atomic E-state index is 14.7. The van der Waals surface area contributed by atoms with Crippen molar-refractivity contribution in [3.8, 4) is 0 Å². The highest BCUT2D eigenvalue weighted by atomic mass is 32.2. The molecule has 36 heavy (non-hydrogen) atoms. The standard InChI is InChI=1S/C27H28FN3O4S/c28-23-15-7-9-17-25(23)31(36(34,35)21-12-4-3-5-13-21)20-26(32)29-24-16-8-6-14-22(24)27(33)30-18-10-1-2-11-19-30/h3-9,12-17H,1-2,10-11,18-20H2,(H,29,32). The predicted octanol–water partition coefficient (Wildman–Crippen LogP) is 4.68. The van der Waals surface area contributed by atoms with Gasteiger partial charge in [0.05, 0.1) is 21.8 Å². The molecule has 1 aliphatic rings. The molecule has 3 aromatic carbocycles. The summed E-state index contributed by atoms with van der Waals surface area (Å²) in [7, 11) is -4.25. The lowest BCUT2D eigenvalue weighted by molar-refractivity contribution is -0.114. The molecule has 2 amide bonds. The van der Waals surface area contributed by atoms with Gasteiger partial charge in [0.2, 0.25) is 5.91 Å². The quantitative estimate of drug-likeness (QED) is 0.501. The van der Waals surface area contributed by atoms with Gasteiger partial charge in [0.25, 0.3) is 15.9 Å². The van der Waals surface area contributed by atoms with Crippen LogP contribution in [0.2, 0.25) is 0 Å². The van der Waals surface area contributed by atoms with Gasteiger partial charge in [0.1, 0.15) is 12.4 Å². The number of hydrogen-bond acceptors (Lipinski definition) is 4. The van der Waals surface area contributed by atoms with E-state index < -0.39 is 28.3 Å². The minimum atomic E-state index is -4.25. The molecule has 188 valence electrons. The average Bonchev–Trinajstić information content (AvgIpc) is 3.18. The van der Waals surface area contributed by atoms with Crippen LogP contribution in [0.1, 0.15) is 36.0 Å². The lowest BCUT2D eigenvalue weighted by Crippen LogP contribution is -2.39. The monoisotopic (exact) mass is 509 g/mol. The Morgan fingerprint density at radius 2 is 1.44 bits per heavy atom. The molecule has 1 saturated heterocycles. The number of halogens is 1. The second kappa shape index (κ2) is 11.3. The number of likely N-dealkylation sites (tertiary alicyclic amines) is 1. The summed E-state index contributed by atoms with van der Waals surface area (Å²) in [4.78, 5) is 28.0. The summed E-state index contributed by atoms with van der Waals surface area (Å²) in [6.07, 6.45) is 4.00. The van der Waals surface area contributed by atoms with Crippen LogP contribution >= 0.6 is 0 Å². The lowest BCUT2D eigenvalue weighted by Gasteiger charge is -2.25. The normalized spacial score (nSPS) is 14.1. The number of sulfonamides is 1. The van der Waals surface area contributed by atoms with Gasteiger partial charge in [0, 0.05) is 13.1 Å². The highest BCUT2D eigenvalue weighted by Crippen LogP contribution is 2.27. The minimum absolute atomic E-state index is 0.0715. The number of carbonyl (C=O) groups is 2. The Morgan fingerprint density at radius 3 is 2.14 bits per heavy atom. The first kappa shape index (κ1) is 25.4. The molecule has 0 spiro atoms. The smallest absolute Gasteiger partial charge is 0.264 e. The zero-order valence-corrected chi connectivity index (χ0v) is 20.6. The largest absolute Gasteiger partial charge is 0.339 e. The Labute approximate surface area is 210 Å². The first-order valence-corrected chi connectivity index (χ1v) is 13.3. The summed E-state index contributed by atoms with van der Waals surface area (Å²) in [6.45, 7) is 0.624. The topological polar surface area (TPSA) is 86.8 Å². The van der Waals surface area contributed by atoms with Gasteiger partial charge in [-0.15, -0.1) is 0 Å². The van der Waals surface area contributed by atoms with Gasteiger partial charge >= 0.3 is 0 Å². The van der Waals surface area contributed by atoms with Crippen molar-refractivity contribution in [2.75, 3.05) is 29.3 Å². The second-order valence-electron chi connectivity index (χ2n) is 8.58. The molecule has 0 atom stereocenters. The van der Waals surface area contributed by atoms with E-state index >= 15 is 0 Å². The fraction of sp³-hybridized carbons (Fsp3) is 0.259. The molecule has 7 nitrogen and oxygen atoms in total. The van der Waals surface area contributed by atoms with E-state index in [-0.39, 0.29) is 22.2 Å². The van der Waals surface area contributed by atoms with E-state index in [0.717, 1.165) is 36.1 Å². The summed E-state index contributed by atoms with van der Waals surface area (Å²) >= 11 is 0. The van der Waals surface area contributed by atoms with Crippen molar-refractivity contribution >= 4 is 33.2 Å². The van der Waals surface area contributed by atoms with Crippen LogP contribution in [-0.2, 0) is 14.8 Å². The number of anilines is 2. The highest BCUT2D eigenvalue weighted by molar-refractivity contribution is 7.92. The third kappa shape index (κ3) is 5.73. The average molecular weight is 510 g/mol. The Balaban J connectivity index is 1.61. The van der Waals surface area contributed by atoms with Crippen molar-refractivity contribution in [2.45, 2.75) is 30.6 Å². The summed E-state index contributed by atoms with van der Waals surface area (Å²) in [5, 5.41) is 2.67. The molecular formula is C27H28FN3O4S. The number of benzene rings is 3. The molecule has 1 fully saturated rings. The maximum Gasteiger partial charge on any atom is 0.264 e. The molecule has 3 aromatic rings. The second-order valence-corrected chi connectivity index (χ2v) is 10.4. The molecule has 0 aromatic heterocycles.